The molecule has 176 valence electrons. The second-order valence-corrected chi connectivity index (χ2v) is 8.22. The molecule has 0 bridgehead atoms. The quantitative estimate of drug-likeness (QED) is 0.194. The van der Waals surface area contributed by atoms with Crippen LogP contribution in [-0.4, -0.2) is 26.8 Å². The highest BCUT2D eigenvalue weighted by Gasteiger charge is 2.18. The molecule has 4 aromatic carbocycles. The summed E-state index contributed by atoms with van der Waals surface area (Å²) in [5.74, 6) is -0.470. The fourth-order valence-corrected chi connectivity index (χ4v) is 3.94. The van der Waals surface area contributed by atoms with Crippen LogP contribution in [0.3, 0.4) is 0 Å². The van der Waals surface area contributed by atoms with Gasteiger partial charge in [-0.3, -0.25) is 14.9 Å². The van der Waals surface area contributed by atoms with Crippen LogP contribution in [0.1, 0.15) is 21.6 Å². The normalized spacial score (nSPS) is 11.1. The molecule has 0 fully saturated rings. The van der Waals surface area contributed by atoms with E-state index in [1.54, 1.807) is 22.9 Å². The summed E-state index contributed by atoms with van der Waals surface area (Å²) >= 11 is 0. The van der Waals surface area contributed by atoms with Crippen LogP contribution in [0.4, 0.5) is 5.69 Å². The van der Waals surface area contributed by atoms with Crippen LogP contribution in [0.25, 0.3) is 27.7 Å². The van der Waals surface area contributed by atoms with E-state index >= 15 is 0 Å². The van der Waals surface area contributed by atoms with Gasteiger partial charge in [0.2, 0.25) is 0 Å². The number of carbonyl (C=O) groups is 1. The van der Waals surface area contributed by atoms with Crippen molar-refractivity contribution in [2.45, 2.75) is 6.92 Å². The van der Waals surface area contributed by atoms with Gasteiger partial charge in [-0.2, -0.15) is 10.2 Å². The van der Waals surface area contributed by atoms with Crippen molar-refractivity contribution in [2.24, 2.45) is 5.10 Å². The molecule has 5 rings (SSSR count). The van der Waals surface area contributed by atoms with Gasteiger partial charge in [-0.15, -0.1) is 0 Å². The zero-order chi connectivity index (χ0) is 25.1. The zero-order valence-electron chi connectivity index (χ0n) is 19.3. The number of aryl methyl sites for hydroxylation is 1. The van der Waals surface area contributed by atoms with E-state index in [-0.39, 0.29) is 11.4 Å². The maximum Gasteiger partial charge on any atom is 0.291 e. The van der Waals surface area contributed by atoms with Crippen molar-refractivity contribution in [3.8, 4) is 16.9 Å². The Kier molecular flexibility index (Phi) is 6.07. The Labute approximate surface area is 206 Å². The fourth-order valence-electron chi connectivity index (χ4n) is 3.94. The van der Waals surface area contributed by atoms with E-state index in [9.17, 15) is 14.9 Å². The van der Waals surface area contributed by atoms with Crippen molar-refractivity contribution in [1.29, 1.82) is 0 Å². The van der Waals surface area contributed by atoms with E-state index in [0.29, 0.717) is 5.56 Å². The summed E-state index contributed by atoms with van der Waals surface area (Å²) in [5.41, 5.74) is 6.90. The first-order valence-corrected chi connectivity index (χ1v) is 11.2. The van der Waals surface area contributed by atoms with Gasteiger partial charge in [0, 0.05) is 17.7 Å². The molecule has 1 amide bonds. The van der Waals surface area contributed by atoms with E-state index in [1.807, 2.05) is 61.5 Å². The van der Waals surface area contributed by atoms with Crippen LogP contribution in [0.15, 0.2) is 102 Å². The zero-order valence-corrected chi connectivity index (χ0v) is 19.3. The molecular weight excluding hydrogens is 454 g/mol. The highest BCUT2D eigenvalue weighted by molar-refractivity contribution is 5.95. The topological polar surface area (TPSA) is 102 Å². The lowest BCUT2D eigenvalue weighted by atomic mass is 10.0. The number of amides is 1. The van der Waals surface area contributed by atoms with Crippen molar-refractivity contribution in [3.63, 3.8) is 0 Å². The number of para-hydroxylation sites is 1. The third-order valence-electron chi connectivity index (χ3n) is 5.81. The SMILES string of the molecule is Cc1ccccc1-n1nc(C(=O)N/N=C\c2ccc([N+](=O)[O-])cc2)cc1-c1ccc2ccccc2c1. The molecule has 0 radical (unpaired) electrons. The van der Waals surface area contributed by atoms with Gasteiger partial charge in [-0.25, -0.2) is 10.1 Å². The number of carbonyl (C=O) groups excluding carboxylic acids is 1. The monoisotopic (exact) mass is 475 g/mol. The summed E-state index contributed by atoms with van der Waals surface area (Å²) in [5, 5.41) is 21.6. The number of aromatic nitrogens is 2. The first-order chi connectivity index (χ1) is 17.5. The van der Waals surface area contributed by atoms with Crippen molar-refractivity contribution in [3.05, 3.63) is 124 Å². The number of fused-ring (bicyclic) bond motifs is 1. The van der Waals surface area contributed by atoms with Crippen LogP contribution in [-0.2, 0) is 0 Å². The number of hydrazone groups is 1. The first kappa shape index (κ1) is 22.7. The number of hydrogen-bond donors (Lipinski definition) is 1. The molecule has 0 atom stereocenters. The molecule has 8 heteroatoms. The highest BCUT2D eigenvalue weighted by Crippen LogP contribution is 2.28. The molecule has 8 nitrogen and oxygen atoms in total. The van der Waals surface area contributed by atoms with Gasteiger partial charge in [-0.05, 0) is 59.2 Å². The second-order valence-electron chi connectivity index (χ2n) is 8.22. The number of non-ortho nitro benzene ring substituents is 1. The Morgan fingerprint density at radius 1 is 0.944 bits per heavy atom. The third-order valence-corrected chi connectivity index (χ3v) is 5.81. The first-order valence-electron chi connectivity index (χ1n) is 11.2. The molecule has 0 spiro atoms. The smallest absolute Gasteiger partial charge is 0.265 e. The maximum atomic E-state index is 12.9. The number of nitro benzene ring substituents is 1. The van der Waals surface area contributed by atoms with Gasteiger partial charge >= 0.3 is 0 Å². The van der Waals surface area contributed by atoms with Crippen LogP contribution < -0.4 is 5.43 Å². The molecule has 1 N–H and O–H groups in total. The Hall–Kier alpha value is -5.11. The van der Waals surface area contributed by atoms with Crippen molar-refractivity contribution >= 4 is 28.6 Å². The number of nitrogens with zero attached hydrogens (tertiary/aromatic N) is 4. The lowest BCUT2D eigenvalue weighted by Gasteiger charge is -2.11. The predicted octanol–water partition coefficient (Wildman–Crippen LogP) is 5.67. The summed E-state index contributed by atoms with van der Waals surface area (Å²) in [6.45, 7) is 2.00. The van der Waals surface area contributed by atoms with E-state index in [4.69, 9.17) is 0 Å². The lowest BCUT2D eigenvalue weighted by Crippen LogP contribution is -2.18. The molecule has 5 aromatic rings. The number of rotatable bonds is 6. The van der Waals surface area contributed by atoms with Gasteiger partial charge < -0.3 is 0 Å². The van der Waals surface area contributed by atoms with Crippen molar-refractivity contribution in [1.82, 2.24) is 15.2 Å². The van der Waals surface area contributed by atoms with Gasteiger partial charge in [0.25, 0.3) is 11.6 Å². The molecule has 0 unspecified atom stereocenters. The van der Waals surface area contributed by atoms with Gasteiger partial charge in [0.1, 0.15) is 0 Å². The van der Waals surface area contributed by atoms with Crippen LogP contribution in [0, 0.1) is 17.0 Å². The number of hydrogen-bond acceptors (Lipinski definition) is 5. The van der Waals surface area contributed by atoms with Crippen molar-refractivity contribution in [2.75, 3.05) is 0 Å². The summed E-state index contributed by atoms with van der Waals surface area (Å²) < 4.78 is 1.77. The minimum Gasteiger partial charge on any atom is -0.265 e. The number of nitrogens with one attached hydrogen (secondary N) is 1. The van der Waals surface area contributed by atoms with Gasteiger partial charge in [-0.1, -0.05) is 54.6 Å². The molecule has 0 aliphatic heterocycles. The summed E-state index contributed by atoms with van der Waals surface area (Å²) in [7, 11) is 0. The molecule has 36 heavy (non-hydrogen) atoms. The van der Waals surface area contributed by atoms with Crippen LogP contribution in [0.2, 0.25) is 0 Å². The highest BCUT2D eigenvalue weighted by atomic mass is 16.6. The van der Waals surface area contributed by atoms with Gasteiger partial charge in [0.15, 0.2) is 5.69 Å². The Morgan fingerprint density at radius 3 is 2.42 bits per heavy atom. The van der Waals surface area contributed by atoms with E-state index in [2.05, 4.69) is 27.8 Å². The Balaban J connectivity index is 1.47. The molecule has 0 aliphatic rings. The molecule has 0 aliphatic carbocycles. The van der Waals surface area contributed by atoms with E-state index in [1.165, 1.54) is 18.3 Å². The van der Waals surface area contributed by atoms with Crippen LogP contribution in [0.5, 0.6) is 0 Å². The average Bonchev–Trinajstić information content (AvgIpc) is 3.34. The molecule has 1 aromatic heterocycles. The van der Waals surface area contributed by atoms with Gasteiger partial charge in [0.05, 0.1) is 22.5 Å². The molecule has 0 saturated carbocycles. The van der Waals surface area contributed by atoms with E-state index in [0.717, 1.165) is 33.3 Å². The molecule has 1 heterocycles. The Morgan fingerprint density at radius 2 is 1.67 bits per heavy atom. The third kappa shape index (κ3) is 4.60. The summed E-state index contributed by atoms with van der Waals surface area (Å²) in [6, 6.07) is 29.7. The number of nitro groups is 1. The predicted molar refractivity (Wildman–Crippen MR) is 139 cm³/mol. The average molecular weight is 476 g/mol. The summed E-state index contributed by atoms with van der Waals surface area (Å²) in [4.78, 5) is 23.2. The standard InChI is InChI=1S/C28H21N5O3/c1-19-6-2-5-9-26(19)32-27(23-13-12-21-7-3-4-8-22(21)16-23)17-25(31-32)28(34)30-29-18-20-10-14-24(15-11-20)33(35)36/h2-18H,1H3,(H,30,34)/b29-18-. The minimum absolute atomic E-state index is 0.0147. The minimum atomic E-state index is -0.472. The maximum absolute atomic E-state index is 12.9. The summed E-state index contributed by atoms with van der Waals surface area (Å²) in [6.07, 6.45) is 1.42. The van der Waals surface area contributed by atoms with Crippen molar-refractivity contribution < 1.29 is 9.72 Å². The Bertz CT molecular complexity index is 1620. The molecular formula is C28H21N5O3. The second kappa shape index (κ2) is 9.63. The lowest BCUT2D eigenvalue weighted by molar-refractivity contribution is -0.384. The fraction of sp³-hybridized carbons (Fsp3) is 0.0357. The van der Waals surface area contributed by atoms with Crippen LogP contribution >= 0.6 is 0 Å². The largest absolute Gasteiger partial charge is 0.291 e. The molecule has 0 saturated heterocycles. The number of benzene rings is 4. The van der Waals surface area contributed by atoms with E-state index < -0.39 is 10.8 Å².